The quantitative estimate of drug-likeness (QED) is 0.662. The van der Waals surface area contributed by atoms with Crippen LogP contribution in [0.5, 0.6) is 0 Å². The number of hydrogen-bond acceptors (Lipinski definition) is 3. The minimum atomic E-state index is -4.21. The third-order valence-electron chi connectivity index (χ3n) is 2.07. The van der Waals surface area contributed by atoms with Crippen LogP contribution in [-0.2, 0) is 9.36 Å². The molecule has 0 fully saturated rings. The summed E-state index contributed by atoms with van der Waals surface area (Å²) in [4.78, 5) is 29.7. The molecule has 0 aliphatic carbocycles. The van der Waals surface area contributed by atoms with E-state index in [9.17, 15) is 9.36 Å². The SMILES string of the molecule is O=C(O)CCN(CP(=O)(O)O)c1ccccc1. The third-order valence-corrected chi connectivity index (χ3v) is 2.78. The van der Waals surface area contributed by atoms with Gasteiger partial charge >= 0.3 is 13.6 Å². The number of carboxylic acid groups (broad SMARTS) is 1. The van der Waals surface area contributed by atoms with E-state index in [2.05, 4.69) is 0 Å². The largest absolute Gasteiger partial charge is 0.481 e. The van der Waals surface area contributed by atoms with E-state index in [1.165, 1.54) is 4.90 Å². The van der Waals surface area contributed by atoms with E-state index in [-0.39, 0.29) is 13.0 Å². The van der Waals surface area contributed by atoms with Gasteiger partial charge in [0.05, 0.1) is 6.42 Å². The molecule has 0 amide bonds. The van der Waals surface area contributed by atoms with Crippen molar-refractivity contribution in [3.05, 3.63) is 30.3 Å². The Kier molecular flexibility index (Phi) is 4.69. The molecule has 1 aromatic carbocycles. The van der Waals surface area contributed by atoms with Crippen LogP contribution in [0.1, 0.15) is 6.42 Å². The zero-order valence-electron chi connectivity index (χ0n) is 9.06. The first-order valence-corrected chi connectivity index (χ1v) is 6.74. The first-order valence-electron chi connectivity index (χ1n) is 4.95. The van der Waals surface area contributed by atoms with Crippen LogP contribution in [0.25, 0.3) is 0 Å². The van der Waals surface area contributed by atoms with E-state index in [0.29, 0.717) is 5.69 Å². The number of anilines is 1. The highest BCUT2D eigenvalue weighted by Gasteiger charge is 2.20. The molecule has 0 aliphatic heterocycles. The maximum atomic E-state index is 11.0. The molecule has 94 valence electrons. The van der Waals surface area contributed by atoms with Crippen LogP contribution in [0, 0.1) is 0 Å². The smallest absolute Gasteiger partial charge is 0.344 e. The standard InChI is InChI=1S/C10H14NO5P/c12-10(13)6-7-11(8-17(14,15)16)9-4-2-1-3-5-9/h1-5H,6-8H2,(H,12,13)(H2,14,15,16). The average Bonchev–Trinajstić information content (AvgIpc) is 2.24. The number of rotatable bonds is 6. The Morgan fingerprint density at radius 3 is 2.29 bits per heavy atom. The first kappa shape index (κ1) is 13.7. The Balaban J connectivity index is 2.79. The van der Waals surface area contributed by atoms with Gasteiger partial charge in [-0.1, -0.05) is 18.2 Å². The van der Waals surface area contributed by atoms with Crippen LogP contribution in [0.2, 0.25) is 0 Å². The van der Waals surface area contributed by atoms with Crippen molar-refractivity contribution in [1.82, 2.24) is 0 Å². The van der Waals surface area contributed by atoms with Gasteiger partial charge in [0.15, 0.2) is 0 Å². The molecule has 3 N–H and O–H groups in total. The van der Waals surface area contributed by atoms with Crippen LogP contribution in [-0.4, -0.2) is 33.7 Å². The summed E-state index contributed by atoms with van der Waals surface area (Å²) in [5.74, 6) is -1.00. The van der Waals surface area contributed by atoms with Crippen molar-refractivity contribution < 1.29 is 24.3 Å². The molecular formula is C10H14NO5P. The summed E-state index contributed by atoms with van der Waals surface area (Å²) in [7, 11) is -4.21. The second-order valence-corrected chi connectivity index (χ2v) is 5.16. The normalized spacial score (nSPS) is 11.2. The molecule has 0 atom stereocenters. The van der Waals surface area contributed by atoms with Crippen LogP contribution < -0.4 is 4.90 Å². The summed E-state index contributed by atoms with van der Waals surface area (Å²) in [6.45, 7) is 0.0600. The van der Waals surface area contributed by atoms with Crippen molar-refractivity contribution in [2.75, 3.05) is 17.7 Å². The fourth-order valence-corrected chi connectivity index (χ4v) is 2.12. The number of carboxylic acids is 1. The number of aliphatic carboxylic acids is 1. The summed E-state index contributed by atoms with van der Waals surface area (Å²) < 4.78 is 11.0. The Morgan fingerprint density at radius 1 is 1.24 bits per heavy atom. The molecule has 0 bridgehead atoms. The van der Waals surface area contributed by atoms with Crippen LogP contribution in [0.3, 0.4) is 0 Å². The van der Waals surface area contributed by atoms with Gasteiger partial charge in [-0.3, -0.25) is 9.36 Å². The van der Waals surface area contributed by atoms with E-state index in [1.807, 2.05) is 0 Å². The lowest BCUT2D eigenvalue weighted by Gasteiger charge is -2.24. The predicted molar refractivity (Wildman–Crippen MR) is 63.0 cm³/mol. The molecule has 0 saturated carbocycles. The maximum Gasteiger partial charge on any atom is 0.344 e. The van der Waals surface area contributed by atoms with E-state index >= 15 is 0 Å². The van der Waals surface area contributed by atoms with E-state index < -0.39 is 19.9 Å². The van der Waals surface area contributed by atoms with E-state index in [0.717, 1.165) is 0 Å². The molecule has 0 aromatic heterocycles. The summed E-state index contributed by atoms with van der Waals surface area (Å²) >= 11 is 0. The van der Waals surface area contributed by atoms with Crippen LogP contribution >= 0.6 is 7.60 Å². The Labute approximate surface area is 98.7 Å². The number of carbonyl (C=O) groups is 1. The molecule has 0 aliphatic rings. The molecule has 1 rings (SSSR count). The van der Waals surface area contributed by atoms with Gasteiger partial charge in [-0.15, -0.1) is 0 Å². The molecule has 0 spiro atoms. The predicted octanol–water partition coefficient (Wildman–Crippen LogP) is 1.10. The zero-order valence-corrected chi connectivity index (χ0v) is 9.96. The Morgan fingerprint density at radius 2 is 1.82 bits per heavy atom. The van der Waals surface area contributed by atoms with Crippen molar-refractivity contribution in [1.29, 1.82) is 0 Å². The van der Waals surface area contributed by atoms with Gasteiger partial charge in [0.1, 0.15) is 6.29 Å². The minimum absolute atomic E-state index is 0.0600. The van der Waals surface area contributed by atoms with Crippen molar-refractivity contribution >= 4 is 19.3 Å². The fraction of sp³-hybridized carbons (Fsp3) is 0.300. The van der Waals surface area contributed by atoms with Gasteiger partial charge in [-0.25, -0.2) is 0 Å². The van der Waals surface area contributed by atoms with E-state index in [1.54, 1.807) is 30.3 Å². The van der Waals surface area contributed by atoms with Crippen LogP contribution in [0.4, 0.5) is 5.69 Å². The highest BCUT2D eigenvalue weighted by molar-refractivity contribution is 7.51. The molecule has 1 aromatic rings. The number of para-hydroxylation sites is 1. The van der Waals surface area contributed by atoms with Gasteiger partial charge < -0.3 is 19.8 Å². The second-order valence-electron chi connectivity index (χ2n) is 3.55. The van der Waals surface area contributed by atoms with E-state index in [4.69, 9.17) is 14.9 Å². The Bertz CT molecular complexity index is 416. The molecule has 0 saturated heterocycles. The van der Waals surface area contributed by atoms with Gasteiger partial charge in [0.2, 0.25) is 0 Å². The average molecular weight is 259 g/mol. The number of nitrogens with zero attached hydrogens (tertiary/aromatic N) is 1. The molecule has 17 heavy (non-hydrogen) atoms. The highest BCUT2D eigenvalue weighted by atomic mass is 31.2. The lowest BCUT2D eigenvalue weighted by molar-refractivity contribution is -0.136. The molecule has 0 radical (unpaired) electrons. The molecule has 0 unspecified atom stereocenters. The second kappa shape index (κ2) is 5.82. The van der Waals surface area contributed by atoms with Gasteiger partial charge in [0, 0.05) is 12.2 Å². The van der Waals surface area contributed by atoms with Gasteiger partial charge in [0.25, 0.3) is 0 Å². The van der Waals surface area contributed by atoms with Crippen LogP contribution in [0.15, 0.2) is 30.3 Å². The van der Waals surface area contributed by atoms with Gasteiger partial charge in [-0.2, -0.15) is 0 Å². The minimum Gasteiger partial charge on any atom is -0.481 e. The van der Waals surface area contributed by atoms with Crippen molar-refractivity contribution in [2.45, 2.75) is 6.42 Å². The summed E-state index contributed by atoms with van der Waals surface area (Å²) in [5.41, 5.74) is 0.595. The van der Waals surface area contributed by atoms with Gasteiger partial charge in [-0.05, 0) is 12.1 Å². The molecule has 6 nitrogen and oxygen atoms in total. The number of hydrogen-bond donors (Lipinski definition) is 3. The van der Waals surface area contributed by atoms with Crippen molar-refractivity contribution in [2.24, 2.45) is 0 Å². The summed E-state index contributed by atoms with van der Waals surface area (Å²) in [6, 6.07) is 8.58. The van der Waals surface area contributed by atoms with Crippen molar-refractivity contribution in [3.8, 4) is 0 Å². The number of benzene rings is 1. The summed E-state index contributed by atoms with van der Waals surface area (Å²) in [5, 5.41) is 8.59. The molecule has 0 heterocycles. The third kappa shape index (κ3) is 5.49. The fourth-order valence-electron chi connectivity index (χ4n) is 1.37. The first-order chi connectivity index (χ1) is 7.88. The Hall–Kier alpha value is -1.36. The summed E-state index contributed by atoms with van der Waals surface area (Å²) in [6.07, 6.45) is -0.654. The zero-order chi connectivity index (χ0) is 12.9. The lowest BCUT2D eigenvalue weighted by Crippen LogP contribution is -2.27. The molecular weight excluding hydrogens is 245 g/mol. The maximum absolute atomic E-state index is 11.0. The monoisotopic (exact) mass is 259 g/mol. The molecule has 7 heteroatoms. The van der Waals surface area contributed by atoms with Crippen molar-refractivity contribution in [3.63, 3.8) is 0 Å². The topological polar surface area (TPSA) is 98.1 Å². The lowest BCUT2D eigenvalue weighted by atomic mass is 10.3. The highest BCUT2D eigenvalue weighted by Crippen LogP contribution is 2.36.